The standard InChI is InChI=1S/C16H17FN4O2S3/c1-11(10-18-26(22,23)15-7-4-8-24-15)19-16-20-14(21-25-16)9-12-5-2-3-6-13(12)17/h2-8,11,18H,9-10H2,1H3,(H,19,20,21). The predicted molar refractivity (Wildman–Crippen MR) is 102 cm³/mol. The Kier molecular flexibility index (Phi) is 5.97. The van der Waals surface area contributed by atoms with E-state index in [1.165, 1.54) is 17.4 Å². The van der Waals surface area contributed by atoms with E-state index in [0.717, 1.165) is 11.5 Å². The van der Waals surface area contributed by atoms with Crippen LogP contribution in [0.1, 0.15) is 18.3 Å². The first-order valence-electron chi connectivity index (χ1n) is 7.80. The summed E-state index contributed by atoms with van der Waals surface area (Å²) in [5.74, 6) is 0.238. The third kappa shape index (κ3) is 4.85. The maximum absolute atomic E-state index is 13.7. The zero-order chi connectivity index (χ0) is 18.6. The van der Waals surface area contributed by atoms with E-state index in [2.05, 4.69) is 19.4 Å². The highest BCUT2D eigenvalue weighted by atomic mass is 32.2. The minimum atomic E-state index is -3.49. The van der Waals surface area contributed by atoms with Gasteiger partial charge >= 0.3 is 0 Å². The molecule has 0 aliphatic carbocycles. The van der Waals surface area contributed by atoms with Crippen LogP contribution in [0.3, 0.4) is 0 Å². The van der Waals surface area contributed by atoms with Crippen LogP contribution in [0.15, 0.2) is 46.0 Å². The van der Waals surface area contributed by atoms with E-state index < -0.39 is 10.0 Å². The van der Waals surface area contributed by atoms with Gasteiger partial charge in [0.2, 0.25) is 15.2 Å². The SMILES string of the molecule is CC(CNS(=O)(=O)c1cccs1)Nc1nc(Cc2ccccc2F)ns1. The van der Waals surface area contributed by atoms with E-state index in [0.29, 0.717) is 22.9 Å². The second kappa shape index (κ2) is 8.21. The summed E-state index contributed by atoms with van der Waals surface area (Å²) in [5.41, 5.74) is 0.536. The van der Waals surface area contributed by atoms with E-state index in [1.54, 1.807) is 35.7 Å². The van der Waals surface area contributed by atoms with Gasteiger partial charge in [-0.3, -0.25) is 0 Å². The van der Waals surface area contributed by atoms with Crippen molar-refractivity contribution in [1.82, 2.24) is 14.1 Å². The first kappa shape index (κ1) is 18.9. The fourth-order valence-corrected chi connectivity index (χ4v) is 5.05. The molecule has 0 spiro atoms. The molecular weight excluding hydrogens is 395 g/mol. The molecule has 0 bridgehead atoms. The molecule has 1 aromatic carbocycles. The van der Waals surface area contributed by atoms with Crippen LogP contribution in [0, 0.1) is 5.82 Å². The Morgan fingerprint density at radius 1 is 1.23 bits per heavy atom. The number of benzene rings is 1. The monoisotopic (exact) mass is 412 g/mol. The van der Waals surface area contributed by atoms with Crippen LogP contribution >= 0.6 is 22.9 Å². The number of aromatic nitrogens is 2. The van der Waals surface area contributed by atoms with Gasteiger partial charge in [-0.2, -0.15) is 4.37 Å². The molecule has 3 rings (SSSR count). The van der Waals surface area contributed by atoms with Crippen molar-refractivity contribution in [2.75, 3.05) is 11.9 Å². The van der Waals surface area contributed by atoms with E-state index in [9.17, 15) is 12.8 Å². The third-order valence-corrected chi connectivity index (χ3v) is 6.99. The largest absolute Gasteiger partial charge is 0.357 e. The zero-order valence-corrected chi connectivity index (χ0v) is 16.3. The van der Waals surface area contributed by atoms with Crippen molar-refractivity contribution in [2.24, 2.45) is 0 Å². The molecule has 1 unspecified atom stereocenters. The first-order valence-corrected chi connectivity index (χ1v) is 10.9. The molecule has 26 heavy (non-hydrogen) atoms. The van der Waals surface area contributed by atoms with E-state index in [4.69, 9.17) is 0 Å². The summed E-state index contributed by atoms with van der Waals surface area (Å²) >= 11 is 2.33. The number of hydrogen-bond donors (Lipinski definition) is 2. The Balaban J connectivity index is 1.55. The van der Waals surface area contributed by atoms with Crippen LogP contribution in [0.25, 0.3) is 0 Å². The summed E-state index contributed by atoms with van der Waals surface area (Å²) in [6.07, 6.45) is 0.310. The molecular formula is C16H17FN4O2S3. The van der Waals surface area contributed by atoms with Gasteiger partial charge in [0.1, 0.15) is 15.9 Å². The van der Waals surface area contributed by atoms with Crippen LogP contribution in [0.4, 0.5) is 9.52 Å². The molecule has 1 atom stereocenters. The van der Waals surface area contributed by atoms with Crippen LogP contribution in [-0.4, -0.2) is 30.4 Å². The number of anilines is 1. The van der Waals surface area contributed by atoms with Crippen molar-refractivity contribution in [3.63, 3.8) is 0 Å². The summed E-state index contributed by atoms with van der Waals surface area (Å²) < 4.78 is 45.0. The molecule has 0 saturated heterocycles. The van der Waals surface area contributed by atoms with Crippen molar-refractivity contribution < 1.29 is 12.8 Å². The van der Waals surface area contributed by atoms with Gasteiger partial charge in [0.15, 0.2) is 0 Å². The minimum absolute atomic E-state index is 0.181. The Bertz CT molecular complexity index is 958. The fraction of sp³-hybridized carbons (Fsp3) is 0.250. The number of hydrogen-bond acceptors (Lipinski definition) is 7. The first-order chi connectivity index (χ1) is 12.4. The van der Waals surface area contributed by atoms with Crippen LogP contribution in [0.5, 0.6) is 0 Å². The molecule has 3 aromatic rings. The molecule has 0 radical (unpaired) electrons. The number of halogens is 1. The summed E-state index contributed by atoms with van der Waals surface area (Å²) in [4.78, 5) is 4.34. The van der Waals surface area contributed by atoms with Gasteiger partial charge < -0.3 is 5.32 Å². The van der Waals surface area contributed by atoms with Crippen LogP contribution < -0.4 is 10.0 Å². The maximum Gasteiger partial charge on any atom is 0.250 e. The lowest BCUT2D eigenvalue weighted by Crippen LogP contribution is -2.34. The maximum atomic E-state index is 13.7. The zero-order valence-electron chi connectivity index (χ0n) is 13.8. The average Bonchev–Trinajstić information content (AvgIpc) is 3.28. The topological polar surface area (TPSA) is 84.0 Å². The second-order valence-electron chi connectivity index (χ2n) is 5.61. The van der Waals surface area contributed by atoms with Crippen molar-refractivity contribution in [1.29, 1.82) is 0 Å². The van der Waals surface area contributed by atoms with E-state index >= 15 is 0 Å². The number of nitrogens with zero attached hydrogens (tertiary/aromatic N) is 2. The fourth-order valence-electron chi connectivity index (χ4n) is 2.18. The van der Waals surface area contributed by atoms with Gasteiger partial charge in [-0.05, 0) is 30.0 Å². The molecule has 0 fully saturated rings. The average molecular weight is 413 g/mol. The number of rotatable bonds is 8. The molecule has 0 saturated carbocycles. The molecule has 0 amide bonds. The minimum Gasteiger partial charge on any atom is -0.357 e. The molecule has 10 heteroatoms. The van der Waals surface area contributed by atoms with Gasteiger partial charge in [0.05, 0.1) is 0 Å². The Hall–Kier alpha value is -1.88. The molecule has 2 aromatic heterocycles. The van der Waals surface area contributed by atoms with Crippen LogP contribution in [-0.2, 0) is 16.4 Å². The van der Waals surface area contributed by atoms with Gasteiger partial charge in [-0.1, -0.05) is 24.3 Å². The second-order valence-corrected chi connectivity index (χ2v) is 9.31. The third-order valence-electron chi connectivity index (χ3n) is 3.48. The van der Waals surface area contributed by atoms with E-state index in [-0.39, 0.29) is 22.6 Å². The molecule has 6 nitrogen and oxygen atoms in total. The highest BCUT2D eigenvalue weighted by molar-refractivity contribution is 7.91. The summed E-state index contributed by atoms with van der Waals surface area (Å²) in [6, 6.07) is 9.59. The van der Waals surface area contributed by atoms with Gasteiger partial charge in [-0.15, -0.1) is 11.3 Å². The van der Waals surface area contributed by atoms with Gasteiger partial charge in [-0.25, -0.2) is 22.5 Å². The smallest absolute Gasteiger partial charge is 0.250 e. The highest BCUT2D eigenvalue weighted by Crippen LogP contribution is 2.18. The lowest BCUT2D eigenvalue weighted by atomic mass is 10.1. The predicted octanol–water partition coefficient (Wildman–Crippen LogP) is 3.11. The van der Waals surface area contributed by atoms with Gasteiger partial charge in [0, 0.05) is 30.5 Å². The number of thiophene rings is 1. The molecule has 0 aliphatic rings. The Morgan fingerprint density at radius 2 is 2.04 bits per heavy atom. The van der Waals surface area contributed by atoms with Crippen molar-refractivity contribution in [2.45, 2.75) is 23.6 Å². The molecule has 0 aliphatic heterocycles. The van der Waals surface area contributed by atoms with Crippen molar-refractivity contribution in [3.8, 4) is 0 Å². The Morgan fingerprint density at radius 3 is 2.77 bits per heavy atom. The molecule has 138 valence electrons. The van der Waals surface area contributed by atoms with Crippen LogP contribution in [0.2, 0.25) is 0 Å². The summed E-state index contributed by atoms with van der Waals surface area (Å²) in [7, 11) is -3.49. The number of sulfonamides is 1. The van der Waals surface area contributed by atoms with Crippen molar-refractivity contribution in [3.05, 3.63) is 59.0 Å². The number of nitrogens with one attached hydrogen (secondary N) is 2. The summed E-state index contributed by atoms with van der Waals surface area (Å²) in [6.45, 7) is 2.05. The lowest BCUT2D eigenvalue weighted by molar-refractivity contribution is 0.579. The quantitative estimate of drug-likeness (QED) is 0.594. The lowest BCUT2D eigenvalue weighted by Gasteiger charge is -2.13. The van der Waals surface area contributed by atoms with Gasteiger partial charge in [0.25, 0.3) is 0 Å². The molecule has 2 heterocycles. The molecule has 2 N–H and O–H groups in total. The Labute approximate surface area is 159 Å². The van der Waals surface area contributed by atoms with E-state index in [1.807, 2.05) is 6.92 Å². The summed E-state index contributed by atoms with van der Waals surface area (Å²) in [5, 5.41) is 5.39. The highest BCUT2D eigenvalue weighted by Gasteiger charge is 2.16. The van der Waals surface area contributed by atoms with Crippen molar-refractivity contribution >= 4 is 38.0 Å². The normalized spacial score (nSPS) is 12.8.